The summed E-state index contributed by atoms with van der Waals surface area (Å²) in [5, 5.41) is 10.6. The molecule has 104 valence electrons. The van der Waals surface area contributed by atoms with Crippen LogP contribution in [0.1, 0.15) is 6.42 Å². The molecular formula is C10H17NO7. The zero-order valence-electron chi connectivity index (χ0n) is 10.5. The van der Waals surface area contributed by atoms with E-state index in [-0.39, 0.29) is 6.42 Å². The third-order valence-corrected chi connectivity index (χ3v) is 2.53. The molecule has 0 aliphatic rings. The molecule has 0 aliphatic heterocycles. The van der Waals surface area contributed by atoms with Gasteiger partial charge in [-0.3, -0.25) is 14.9 Å². The van der Waals surface area contributed by atoms with Crippen molar-refractivity contribution >= 4 is 12.3 Å². The van der Waals surface area contributed by atoms with E-state index in [0.29, 0.717) is 6.29 Å². The first-order chi connectivity index (χ1) is 8.49. The molecule has 0 bridgehead atoms. The molecule has 0 aromatic carbocycles. The summed E-state index contributed by atoms with van der Waals surface area (Å²) < 4.78 is 14.3. The van der Waals surface area contributed by atoms with Gasteiger partial charge in [-0.25, -0.2) is 0 Å². The predicted molar refractivity (Wildman–Crippen MR) is 59.3 cm³/mol. The Morgan fingerprint density at radius 1 is 1.33 bits per heavy atom. The maximum atomic E-state index is 11.1. The van der Waals surface area contributed by atoms with Gasteiger partial charge in [-0.1, -0.05) is 0 Å². The molecule has 8 heteroatoms. The topological polar surface area (TPSA) is 105 Å². The fourth-order valence-electron chi connectivity index (χ4n) is 1.62. The third kappa shape index (κ3) is 5.19. The molecular weight excluding hydrogens is 246 g/mol. The molecule has 0 N–H and O–H groups in total. The van der Waals surface area contributed by atoms with Crippen LogP contribution in [0.5, 0.6) is 0 Å². The third-order valence-electron chi connectivity index (χ3n) is 2.53. The molecule has 0 aliphatic carbocycles. The van der Waals surface area contributed by atoms with Crippen LogP contribution in [0.2, 0.25) is 0 Å². The Morgan fingerprint density at radius 3 is 2.22 bits per heavy atom. The fourth-order valence-corrected chi connectivity index (χ4v) is 1.62. The average Bonchev–Trinajstić information content (AvgIpc) is 2.35. The van der Waals surface area contributed by atoms with Crippen molar-refractivity contribution in [3.8, 4) is 0 Å². The number of ether oxygens (including phenoxy) is 3. The monoisotopic (exact) mass is 263 g/mol. The van der Waals surface area contributed by atoms with Crippen LogP contribution in [0.15, 0.2) is 0 Å². The van der Waals surface area contributed by atoms with Crippen molar-refractivity contribution in [2.45, 2.75) is 12.7 Å². The van der Waals surface area contributed by atoms with Crippen LogP contribution in [-0.4, -0.2) is 51.3 Å². The maximum absolute atomic E-state index is 11.1. The largest absolute Gasteiger partial charge is 0.469 e. The van der Waals surface area contributed by atoms with E-state index in [0.717, 1.165) is 0 Å². The molecule has 0 amide bonds. The van der Waals surface area contributed by atoms with Crippen LogP contribution in [0.4, 0.5) is 0 Å². The first-order valence-corrected chi connectivity index (χ1v) is 5.19. The number of nitro groups is 1. The fraction of sp³-hybridized carbons (Fsp3) is 0.800. The zero-order valence-corrected chi connectivity index (χ0v) is 10.5. The van der Waals surface area contributed by atoms with E-state index in [1.165, 1.54) is 21.3 Å². The van der Waals surface area contributed by atoms with Crippen molar-refractivity contribution < 1.29 is 28.7 Å². The quantitative estimate of drug-likeness (QED) is 0.188. The highest BCUT2D eigenvalue weighted by atomic mass is 16.7. The summed E-state index contributed by atoms with van der Waals surface area (Å²) in [6.45, 7) is -0.535. The Bertz CT molecular complexity index is 290. The maximum Gasteiger partial charge on any atom is 0.306 e. The molecule has 0 fully saturated rings. The zero-order chi connectivity index (χ0) is 14.1. The number of carbonyl (C=O) groups is 2. The van der Waals surface area contributed by atoms with Gasteiger partial charge in [0.25, 0.3) is 0 Å². The summed E-state index contributed by atoms with van der Waals surface area (Å²) in [6.07, 6.45) is -0.701. The number of hydrogen-bond donors (Lipinski definition) is 0. The molecule has 2 atom stereocenters. The molecule has 8 nitrogen and oxygen atoms in total. The summed E-state index contributed by atoms with van der Waals surface area (Å²) in [6, 6.07) is 0. The lowest BCUT2D eigenvalue weighted by Crippen LogP contribution is -2.38. The summed E-state index contributed by atoms with van der Waals surface area (Å²) in [4.78, 5) is 32.1. The lowest BCUT2D eigenvalue weighted by Gasteiger charge is -2.25. The SMILES string of the molecule is COC(=O)CC(C=O)C(C[N+](=O)[O-])C(OC)OC. The molecule has 0 radical (unpaired) electrons. The number of esters is 1. The molecule has 0 heterocycles. The Balaban J connectivity index is 4.92. The molecule has 0 spiro atoms. The number of rotatable bonds is 9. The van der Waals surface area contributed by atoms with Gasteiger partial charge in [-0.05, 0) is 0 Å². The van der Waals surface area contributed by atoms with Crippen LogP contribution in [0.3, 0.4) is 0 Å². The Labute approximate surface area is 104 Å². The van der Waals surface area contributed by atoms with E-state index in [4.69, 9.17) is 9.47 Å². The van der Waals surface area contributed by atoms with E-state index in [1.807, 2.05) is 0 Å². The molecule has 0 aromatic rings. The number of aldehydes is 1. The van der Waals surface area contributed by atoms with E-state index < -0.39 is 35.6 Å². The van der Waals surface area contributed by atoms with Gasteiger partial charge in [-0.15, -0.1) is 0 Å². The van der Waals surface area contributed by atoms with Crippen LogP contribution in [-0.2, 0) is 23.8 Å². The summed E-state index contributed by atoms with van der Waals surface area (Å²) >= 11 is 0. The number of hydrogen-bond acceptors (Lipinski definition) is 7. The normalized spacial score (nSPS) is 14.0. The molecule has 0 saturated heterocycles. The molecule has 0 rings (SSSR count). The van der Waals surface area contributed by atoms with Crippen LogP contribution >= 0.6 is 0 Å². The molecule has 0 saturated carbocycles. The van der Waals surface area contributed by atoms with Crippen molar-refractivity contribution in [3.63, 3.8) is 0 Å². The van der Waals surface area contributed by atoms with Gasteiger partial charge in [-0.2, -0.15) is 0 Å². The van der Waals surface area contributed by atoms with E-state index in [9.17, 15) is 19.7 Å². The highest BCUT2D eigenvalue weighted by molar-refractivity contribution is 5.73. The Kier molecular flexibility index (Phi) is 7.81. The second-order valence-electron chi connectivity index (χ2n) is 3.60. The minimum absolute atomic E-state index is 0.248. The summed E-state index contributed by atoms with van der Waals surface area (Å²) in [7, 11) is 3.79. The van der Waals surface area contributed by atoms with Crippen molar-refractivity contribution in [1.82, 2.24) is 0 Å². The standard InChI is InChI=1S/C10H17NO7/c1-16-9(13)4-7(6-12)8(5-11(14)15)10(17-2)18-3/h6-8,10H,4-5H2,1-3H3. The highest BCUT2D eigenvalue weighted by Gasteiger charge is 2.35. The van der Waals surface area contributed by atoms with Gasteiger partial charge in [0.2, 0.25) is 6.54 Å². The van der Waals surface area contributed by atoms with Gasteiger partial charge >= 0.3 is 5.97 Å². The Hall–Kier alpha value is -1.54. The second kappa shape index (κ2) is 8.54. The molecule has 18 heavy (non-hydrogen) atoms. The van der Waals surface area contributed by atoms with E-state index in [1.54, 1.807) is 0 Å². The molecule has 2 unspecified atom stereocenters. The summed E-state index contributed by atoms with van der Waals surface area (Å²) in [5.41, 5.74) is 0. The highest BCUT2D eigenvalue weighted by Crippen LogP contribution is 2.21. The van der Waals surface area contributed by atoms with Crippen LogP contribution < -0.4 is 0 Å². The van der Waals surface area contributed by atoms with Gasteiger partial charge in [0.1, 0.15) is 6.29 Å². The minimum atomic E-state index is -0.935. The Morgan fingerprint density at radius 2 is 1.89 bits per heavy atom. The number of methoxy groups -OCH3 is 3. The number of carbonyl (C=O) groups excluding carboxylic acids is 2. The second-order valence-corrected chi connectivity index (χ2v) is 3.60. The van der Waals surface area contributed by atoms with Crippen molar-refractivity contribution in [2.24, 2.45) is 11.8 Å². The minimum Gasteiger partial charge on any atom is -0.469 e. The average molecular weight is 263 g/mol. The van der Waals surface area contributed by atoms with Crippen LogP contribution in [0, 0.1) is 22.0 Å². The van der Waals surface area contributed by atoms with Crippen LogP contribution in [0.25, 0.3) is 0 Å². The smallest absolute Gasteiger partial charge is 0.306 e. The predicted octanol–water partition coefficient (Wildman–Crippen LogP) is -0.124. The van der Waals surface area contributed by atoms with Gasteiger partial charge in [0, 0.05) is 25.1 Å². The van der Waals surface area contributed by atoms with Gasteiger partial charge in [0.15, 0.2) is 6.29 Å². The van der Waals surface area contributed by atoms with E-state index in [2.05, 4.69) is 4.74 Å². The summed E-state index contributed by atoms with van der Waals surface area (Å²) in [5.74, 6) is -2.37. The number of nitrogens with zero attached hydrogens (tertiary/aromatic N) is 1. The first kappa shape index (κ1) is 16.5. The lowest BCUT2D eigenvalue weighted by atomic mass is 9.90. The van der Waals surface area contributed by atoms with E-state index >= 15 is 0 Å². The van der Waals surface area contributed by atoms with Crippen molar-refractivity contribution in [2.75, 3.05) is 27.9 Å². The molecule has 0 aromatic heterocycles. The van der Waals surface area contributed by atoms with Crippen molar-refractivity contribution in [1.29, 1.82) is 0 Å². The first-order valence-electron chi connectivity index (χ1n) is 5.19. The van der Waals surface area contributed by atoms with Crippen molar-refractivity contribution in [3.05, 3.63) is 10.1 Å². The van der Waals surface area contributed by atoms with Gasteiger partial charge < -0.3 is 19.0 Å². The lowest BCUT2D eigenvalue weighted by molar-refractivity contribution is -0.495. The van der Waals surface area contributed by atoms with Gasteiger partial charge in [0.05, 0.1) is 19.4 Å².